The van der Waals surface area contributed by atoms with Crippen LogP contribution in [-0.4, -0.2) is 15.7 Å². The summed E-state index contributed by atoms with van der Waals surface area (Å²) in [5, 5.41) is 4.09. The molecule has 0 saturated heterocycles. The SMILES string of the molecule is Cc1ccccc1-n1nc(C(=O)NN)c(=O)cc1C. The normalized spacial score (nSPS) is 10.3. The fraction of sp³-hybridized carbons (Fsp3) is 0.154. The van der Waals surface area contributed by atoms with Crippen LogP contribution in [0.3, 0.4) is 0 Å². The minimum atomic E-state index is -0.702. The molecule has 0 bridgehead atoms. The number of aromatic nitrogens is 2. The molecule has 19 heavy (non-hydrogen) atoms. The van der Waals surface area contributed by atoms with Crippen LogP contribution in [0.4, 0.5) is 0 Å². The number of hydrogen-bond donors (Lipinski definition) is 2. The van der Waals surface area contributed by atoms with Crippen LogP contribution in [-0.2, 0) is 0 Å². The Bertz CT molecular complexity index is 691. The van der Waals surface area contributed by atoms with Gasteiger partial charge in [-0.25, -0.2) is 10.5 Å². The summed E-state index contributed by atoms with van der Waals surface area (Å²) in [7, 11) is 0. The maximum Gasteiger partial charge on any atom is 0.289 e. The number of hydrogen-bond acceptors (Lipinski definition) is 4. The zero-order valence-electron chi connectivity index (χ0n) is 10.7. The minimum absolute atomic E-state index is 0.226. The van der Waals surface area contributed by atoms with E-state index in [0.717, 1.165) is 11.3 Å². The summed E-state index contributed by atoms with van der Waals surface area (Å²) in [6, 6.07) is 8.93. The van der Waals surface area contributed by atoms with Gasteiger partial charge in [0.1, 0.15) is 0 Å². The molecule has 6 heteroatoms. The van der Waals surface area contributed by atoms with E-state index in [-0.39, 0.29) is 5.69 Å². The number of carbonyl (C=O) groups is 1. The molecule has 0 unspecified atom stereocenters. The third-order valence-corrected chi connectivity index (χ3v) is 2.80. The second-order valence-electron chi connectivity index (χ2n) is 4.17. The van der Waals surface area contributed by atoms with E-state index in [0.29, 0.717) is 5.69 Å². The zero-order chi connectivity index (χ0) is 14.0. The minimum Gasteiger partial charge on any atom is -0.289 e. The molecular weight excluding hydrogens is 244 g/mol. The Balaban J connectivity index is 2.68. The van der Waals surface area contributed by atoms with E-state index in [1.165, 1.54) is 6.07 Å². The molecule has 2 rings (SSSR count). The maximum absolute atomic E-state index is 11.7. The van der Waals surface area contributed by atoms with Crippen LogP contribution in [0.5, 0.6) is 0 Å². The fourth-order valence-electron chi connectivity index (χ4n) is 1.82. The quantitative estimate of drug-likeness (QED) is 0.465. The van der Waals surface area contributed by atoms with Gasteiger partial charge in [-0.1, -0.05) is 18.2 Å². The highest BCUT2D eigenvalue weighted by Gasteiger charge is 2.14. The van der Waals surface area contributed by atoms with Crippen LogP contribution < -0.4 is 16.7 Å². The van der Waals surface area contributed by atoms with Crippen molar-refractivity contribution in [3.8, 4) is 5.69 Å². The van der Waals surface area contributed by atoms with Gasteiger partial charge in [-0.05, 0) is 25.5 Å². The lowest BCUT2D eigenvalue weighted by Gasteiger charge is -2.12. The van der Waals surface area contributed by atoms with Crippen molar-refractivity contribution in [3.05, 3.63) is 57.5 Å². The third-order valence-electron chi connectivity index (χ3n) is 2.80. The second-order valence-corrected chi connectivity index (χ2v) is 4.17. The first-order chi connectivity index (χ1) is 9.04. The summed E-state index contributed by atoms with van der Waals surface area (Å²) >= 11 is 0. The molecule has 1 heterocycles. The van der Waals surface area contributed by atoms with Crippen molar-refractivity contribution in [2.24, 2.45) is 5.84 Å². The summed E-state index contributed by atoms with van der Waals surface area (Å²) in [4.78, 5) is 23.2. The van der Waals surface area contributed by atoms with Gasteiger partial charge in [0, 0.05) is 11.8 Å². The summed E-state index contributed by atoms with van der Waals surface area (Å²) in [6.45, 7) is 3.68. The van der Waals surface area contributed by atoms with E-state index in [9.17, 15) is 9.59 Å². The second kappa shape index (κ2) is 5.03. The number of para-hydroxylation sites is 1. The Labute approximate surface area is 109 Å². The summed E-state index contributed by atoms with van der Waals surface area (Å²) in [5.74, 6) is 4.34. The molecule has 0 aliphatic heterocycles. The standard InChI is InChI=1S/C13H14N4O2/c1-8-5-3-4-6-10(8)17-9(2)7-11(18)12(16-17)13(19)15-14/h3-7H,14H2,1-2H3,(H,15,19). The largest absolute Gasteiger partial charge is 0.289 e. The molecule has 2 aromatic rings. The number of aryl methyl sites for hydroxylation is 2. The highest BCUT2D eigenvalue weighted by Crippen LogP contribution is 2.13. The topological polar surface area (TPSA) is 90.0 Å². The first-order valence-electron chi connectivity index (χ1n) is 5.72. The molecule has 1 amide bonds. The van der Waals surface area contributed by atoms with E-state index in [2.05, 4.69) is 5.10 Å². The van der Waals surface area contributed by atoms with Gasteiger partial charge in [0.25, 0.3) is 5.91 Å². The van der Waals surface area contributed by atoms with Crippen LogP contribution in [0.2, 0.25) is 0 Å². The number of amides is 1. The highest BCUT2D eigenvalue weighted by molar-refractivity contribution is 5.91. The van der Waals surface area contributed by atoms with Gasteiger partial charge in [-0.2, -0.15) is 5.10 Å². The average Bonchev–Trinajstić information content (AvgIpc) is 2.39. The van der Waals surface area contributed by atoms with Gasteiger partial charge in [-0.15, -0.1) is 0 Å². The van der Waals surface area contributed by atoms with Crippen molar-refractivity contribution in [2.75, 3.05) is 0 Å². The lowest BCUT2D eigenvalue weighted by Crippen LogP contribution is -2.36. The third kappa shape index (κ3) is 2.38. The van der Waals surface area contributed by atoms with E-state index < -0.39 is 11.3 Å². The molecular formula is C13H14N4O2. The predicted molar refractivity (Wildman–Crippen MR) is 71.0 cm³/mol. The first-order valence-corrected chi connectivity index (χ1v) is 5.72. The molecule has 3 N–H and O–H groups in total. The predicted octanol–water partition coefficient (Wildman–Crippen LogP) is 0.453. The van der Waals surface area contributed by atoms with Gasteiger partial charge >= 0.3 is 0 Å². The van der Waals surface area contributed by atoms with E-state index in [1.807, 2.05) is 36.6 Å². The van der Waals surface area contributed by atoms with Gasteiger partial charge in [0.2, 0.25) is 5.43 Å². The molecule has 0 fully saturated rings. The maximum atomic E-state index is 11.7. The molecule has 0 radical (unpaired) electrons. The molecule has 0 saturated carbocycles. The monoisotopic (exact) mass is 258 g/mol. The average molecular weight is 258 g/mol. The lowest BCUT2D eigenvalue weighted by molar-refractivity contribution is 0.0945. The Morgan fingerprint density at radius 1 is 1.32 bits per heavy atom. The van der Waals surface area contributed by atoms with Crippen LogP contribution >= 0.6 is 0 Å². The van der Waals surface area contributed by atoms with E-state index in [1.54, 1.807) is 11.6 Å². The van der Waals surface area contributed by atoms with Crippen molar-refractivity contribution in [3.63, 3.8) is 0 Å². The van der Waals surface area contributed by atoms with Crippen molar-refractivity contribution >= 4 is 5.91 Å². The van der Waals surface area contributed by atoms with Crippen molar-refractivity contribution < 1.29 is 4.79 Å². The zero-order valence-corrected chi connectivity index (χ0v) is 10.7. The molecule has 1 aromatic carbocycles. The van der Waals surface area contributed by atoms with E-state index >= 15 is 0 Å². The van der Waals surface area contributed by atoms with Gasteiger partial charge < -0.3 is 0 Å². The van der Waals surface area contributed by atoms with Crippen LogP contribution in [0.1, 0.15) is 21.7 Å². The number of nitrogens with zero attached hydrogens (tertiary/aromatic N) is 2. The van der Waals surface area contributed by atoms with Crippen molar-refractivity contribution in [1.29, 1.82) is 0 Å². The number of nitrogens with one attached hydrogen (secondary N) is 1. The number of benzene rings is 1. The number of nitrogen functional groups attached to an aromatic ring is 1. The molecule has 98 valence electrons. The van der Waals surface area contributed by atoms with Crippen LogP contribution in [0, 0.1) is 13.8 Å². The Hall–Kier alpha value is -2.47. The molecule has 6 nitrogen and oxygen atoms in total. The summed E-state index contributed by atoms with van der Waals surface area (Å²) in [6.07, 6.45) is 0. The highest BCUT2D eigenvalue weighted by atomic mass is 16.2. The van der Waals surface area contributed by atoms with Gasteiger partial charge in [-0.3, -0.25) is 15.0 Å². The van der Waals surface area contributed by atoms with Crippen LogP contribution in [0.15, 0.2) is 35.1 Å². The first kappa shape index (κ1) is 13.0. The van der Waals surface area contributed by atoms with E-state index in [4.69, 9.17) is 5.84 Å². The Kier molecular flexibility index (Phi) is 3.43. The molecule has 0 atom stereocenters. The fourth-order valence-corrected chi connectivity index (χ4v) is 1.82. The Morgan fingerprint density at radius 2 is 2.00 bits per heavy atom. The molecule has 1 aromatic heterocycles. The summed E-state index contributed by atoms with van der Waals surface area (Å²) < 4.78 is 1.56. The molecule has 0 aliphatic rings. The smallest absolute Gasteiger partial charge is 0.289 e. The molecule has 0 aliphatic carbocycles. The lowest BCUT2D eigenvalue weighted by atomic mass is 10.2. The van der Waals surface area contributed by atoms with Crippen molar-refractivity contribution in [2.45, 2.75) is 13.8 Å². The number of hydrazine groups is 1. The number of rotatable bonds is 2. The van der Waals surface area contributed by atoms with Gasteiger partial charge in [0.15, 0.2) is 5.69 Å². The number of carbonyl (C=O) groups excluding carboxylic acids is 1. The van der Waals surface area contributed by atoms with Crippen LogP contribution in [0.25, 0.3) is 5.69 Å². The summed E-state index contributed by atoms with van der Waals surface area (Å²) in [5.41, 5.74) is 3.69. The van der Waals surface area contributed by atoms with Gasteiger partial charge in [0.05, 0.1) is 5.69 Å². The Morgan fingerprint density at radius 3 is 2.63 bits per heavy atom. The number of nitrogens with two attached hydrogens (primary N) is 1. The van der Waals surface area contributed by atoms with Crippen molar-refractivity contribution in [1.82, 2.24) is 15.2 Å². The molecule has 0 spiro atoms.